The lowest BCUT2D eigenvalue weighted by atomic mass is 10.1. The maximum Gasteiger partial charge on any atom is 0.129 e. The highest BCUT2D eigenvalue weighted by Gasteiger charge is 2.09. The molecule has 0 radical (unpaired) electrons. The van der Waals surface area contributed by atoms with Crippen LogP contribution in [0.15, 0.2) is 18.2 Å². The van der Waals surface area contributed by atoms with E-state index in [4.69, 9.17) is 16.6 Å². The van der Waals surface area contributed by atoms with Crippen LogP contribution < -0.4 is 5.32 Å². The molecule has 0 aliphatic rings. The van der Waals surface area contributed by atoms with Gasteiger partial charge in [0.15, 0.2) is 0 Å². The van der Waals surface area contributed by atoms with E-state index in [1.807, 2.05) is 12.1 Å². The van der Waals surface area contributed by atoms with Crippen LogP contribution in [0.5, 0.6) is 0 Å². The van der Waals surface area contributed by atoms with Crippen LogP contribution in [0, 0.1) is 6.92 Å². The van der Waals surface area contributed by atoms with Gasteiger partial charge in [0.1, 0.15) is 5.82 Å². The van der Waals surface area contributed by atoms with Gasteiger partial charge in [0, 0.05) is 11.9 Å². The van der Waals surface area contributed by atoms with Crippen LogP contribution in [-0.4, -0.2) is 11.5 Å². The summed E-state index contributed by atoms with van der Waals surface area (Å²) in [6, 6.07) is 6.17. The van der Waals surface area contributed by atoms with Crippen LogP contribution in [0.25, 0.3) is 10.9 Å². The van der Waals surface area contributed by atoms with Crippen LogP contribution in [0.2, 0.25) is 5.02 Å². The molecule has 0 amide bonds. The molecule has 3 heteroatoms. The minimum absolute atomic E-state index is 0.720. The van der Waals surface area contributed by atoms with Crippen LogP contribution in [0.4, 0.5) is 5.82 Å². The van der Waals surface area contributed by atoms with Crippen molar-refractivity contribution in [3.63, 3.8) is 0 Å². The lowest BCUT2D eigenvalue weighted by Gasteiger charge is -2.12. The topological polar surface area (TPSA) is 24.9 Å². The Morgan fingerprint density at radius 1 is 1.28 bits per heavy atom. The molecule has 0 spiro atoms. The summed E-state index contributed by atoms with van der Waals surface area (Å²) in [5, 5.41) is 5.26. The molecule has 1 aromatic heterocycles. The van der Waals surface area contributed by atoms with Crippen molar-refractivity contribution in [2.75, 3.05) is 11.9 Å². The standard InChI is InChI=1S/C15H19ClN2/c1-4-8-17-15-11(5-2)9-12-10(3)6-7-13(16)14(12)18-15/h6-7,9H,4-5,8H2,1-3H3,(H,17,18). The number of fused-ring (bicyclic) bond motifs is 1. The molecule has 2 rings (SSSR count). The van der Waals surface area contributed by atoms with Gasteiger partial charge in [0.2, 0.25) is 0 Å². The number of nitrogens with one attached hydrogen (secondary N) is 1. The smallest absolute Gasteiger partial charge is 0.129 e. The van der Waals surface area contributed by atoms with Gasteiger partial charge in [0.25, 0.3) is 0 Å². The van der Waals surface area contributed by atoms with Crippen molar-refractivity contribution in [2.24, 2.45) is 0 Å². The fraction of sp³-hybridized carbons (Fsp3) is 0.400. The Morgan fingerprint density at radius 3 is 2.72 bits per heavy atom. The number of hydrogen-bond donors (Lipinski definition) is 1. The van der Waals surface area contributed by atoms with Gasteiger partial charge in [-0.05, 0) is 43.0 Å². The monoisotopic (exact) mass is 262 g/mol. The van der Waals surface area contributed by atoms with Crippen LogP contribution in [-0.2, 0) is 6.42 Å². The number of pyridine rings is 1. The molecule has 0 atom stereocenters. The number of nitrogens with zero attached hydrogens (tertiary/aromatic N) is 1. The second-order valence-electron chi connectivity index (χ2n) is 4.54. The molecular weight excluding hydrogens is 244 g/mol. The third kappa shape index (κ3) is 2.44. The third-order valence-electron chi connectivity index (χ3n) is 3.16. The first-order valence-electron chi connectivity index (χ1n) is 6.50. The molecular formula is C15H19ClN2. The molecule has 0 fully saturated rings. The zero-order chi connectivity index (χ0) is 13.1. The van der Waals surface area contributed by atoms with E-state index in [0.29, 0.717) is 0 Å². The van der Waals surface area contributed by atoms with Crippen LogP contribution in [0.3, 0.4) is 0 Å². The first kappa shape index (κ1) is 13.2. The highest BCUT2D eigenvalue weighted by molar-refractivity contribution is 6.35. The van der Waals surface area contributed by atoms with Gasteiger partial charge in [-0.2, -0.15) is 0 Å². The molecule has 0 unspecified atom stereocenters. The Hall–Kier alpha value is -1.28. The predicted octanol–water partition coefficient (Wildman–Crippen LogP) is 4.58. The predicted molar refractivity (Wildman–Crippen MR) is 79.6 cm³/mol. The Labute approximate surface area is 113 Å². The number of benzene rings is 1. The molecule has 0 bridgehead atoms. The largest absolute Gasteiger partial charge is 0.370 e. The highest BCUT2D eigenvalue weighted by Crippen LogP contribution is 2.28. The van der Waals surface area contributed by atoms with E-state index in [9.17, 15) is 0 Å². The van der Waals surface area contributed by atoms with E-state index in [2.05, 4.69) is 32.2 Å². The number of anilines is 1. The Balaban J connectivity index is 2.61. The summed E-state index contributed by atoms with van der Waals surface area (Å²) in [6.45, 7) is 7.34. The Morgan fingerprint density at radius 2 is 2.06 bits per heavy atom. The van der Waals surface area contributed by atoms with E-state index >= 15 is 0 Å². The number of halogens is 1. The molecule has 1 N–H and O–H groups in total. The summed E-state index contributed by atoms with van der Waals surface area (Å²) >= 11 is 6.24. The highest BCUT2D eigenvalue weighted by atomic mass is 35.5. The van der Waals surface area contributed by atoms with Crippen molar-refractivity contribution in [1.29, 1.82) is 0 Å². The first-order chi connectivity index (χ1) is 8.67. The summed E-state index contributed by atoms with van der Waals surface area (Å²) in [4.78, 5) is 4.70. The average molecular weight is 263 g/mol. The second-order valence-corrected chi connectivity index (χ2v) is 4.94. The average Bonchev–Trinajstić information content (AvgIpc) is 2.40. The van der Waals surface area contributed by atoms with Gasteiger partial charge in [-0.1, -0.05) is 31.5 Å². The van der Waals surface area contributed by atoms with Crippen molar-refractivity contribution in [3.8, 4) is 0 Å². The lowest BCUT2D eigenvalue weighted by molar-refractivity contribution is 0.962. The van der Waals surface area contributed by atoms with Gasteiger partial charge in [0.05, 0.1) is 10.5 Å². The summed E-state index contributed by atoms with van der Waals surface area (Å²) < 4.78 is 0. The molecule has 0 aliphatic heterocycles. The molecule has 2 aromatic rings. The zero-order valence-electron chi connectivity index (χ0n) is 11.2. The van der Waals surface area contributed by atoms with Gasteiger partial charge in [-0.3, -0.25) is 0 Å². The molecule has 2 nitrogen and oxygen atoms in total. The molecule has 0 aliphatic carbocycles. The van der Waals surface area contributed by atoms with Gasteiger partial charge in [-0.15, -0.1) is 0 Å². The molecule has 1 heterocycles. The van der Waals surface area contributed by atoms with Crippen LogP contribution in [0.1, 0.15) is 31.4 Å². The molecule has 0 saturated heterocycles. The minimum atomic E-state index is 0.720. The van der Waals surface area contributed by atoms with E-state index in [1.54, 1.807) is 0 Å². The molecule has 0 saturated carbocycles. The Bertz CT molecular complexity index is 564. The summed E-state index contributed by atoms with van der Waals surface area (Å²) in [5.74, 6) is 0.972. The number of hydrogen-bond acceptors (Lipinski definition) is 2. The maximum absolute atomic E-state index is 6.24. The Kier molecular flexibility index (Phi) is 4.07. The molecule has 18 heavy (non-hydrogen) atoms. The van der Waals surface area contributed by atoms with E-state index < -0.39 is 0 Å². The van der Waals surface area contributed by atoms with E-state index in [0.717, 1.165) is 41.1 Å². The summed E-state index contributed by atoms with van der Waals surface area (Å²) in [6.07, 6.45) is 2.06. The normalized spacial score (nSPS) is 10.9. The minimum Gasteiger partial charge on any atom is -0.370 e. The fourth-order valence-electron chi connectivity index (χ4n) is 2.07. The second kappa shape index (κ2) is 5.57. The quantitative estimate of drug-likeness (QED) is 0.872. The lowest BCUT2D eigenvalue weighted by Crippen LogP contribution is -2.05. The van der Waals surface area contributed by atoms with E-state index in [1.165, 1.54) is 11.1 Å². The molecule has 1 aromatic carbocycles. The zero-order valence-corrected chi connectivity index (χ0v) is 11.9. The van der Waals surface area contributed by atoms with Crippen LogP contribution >= 0.6 is 11.6 Å². The van der Waals surface area contributed by atoms with Crippen molar-refractivity contribution in [1.82, 2.24) is 4.98 Å². The first-order valence-corrected chi connectivity index (χ1v) is 6.87. The van der Waals surface area contributed by atoms with Crippen molar-refractivity contribution < 1.29 is 0 Å². The van der Waals surface area contributed by atoms with Gasteiger partial charge >= 0.3 is 0 Å². The summed E-state index contributed by atoms with van der Waals surface area (Å²) in [5.41, 5.74) is 3.37. The number of aromatic nitrogens is 1. The fourth-order valence-corrected chi connectivity index (χ4v) is 2.28. The summed E-state index contributed by atoms with van der Waals surface area (Å²) in [7, 11) is 0. The van der Waals surface area contributed by atoms with Crippen molar-refractivity contribution >= 4 is 28.3 Å². The molecule has 96 valence electrons. The van der Waals surface area contributed by atoms with Crippen molar-refractivity contribution in [3.05, 3.63) is 34.3 Å². The maximum atomic E-state index is 6.24. The third-order valence-corrected chi connectivity index (χ3v) is 3.46. The van der Waals surface area contributed by atoms with Gasteiger partial charge < -0.3 is 5.32 Å². The SMILES string of the molecule is CCCNc1nc2c(Cl)ccc(C)c2cc1CC. The van der Waals surface area contributed by atoms with Gasteiger partial charge in [-0.25, -0.2) is 4.98 Å². The number of aryl methyl sites for hydroxylation is 2. The number of rotatable bonds is 4. The van der Waals surface area contributed by atoms with E-state index in [-0.39, 0.29) is 0 Å². The van der Waals surface area contributed by atoms with Crippen molar-refractivity contribution in [2.45, 2.75) is 33.6 Å².